The number of carbonyl (C=O) groups excluding carboxylic acids is 1. The maximum Gasteiger partial charge on any atom is 0.228 e. The van der Waals surface area contributed by atoms with Crippen molar-refractivity contribution in [2.45, 2.75) is 19.3 Å². The highest BCUT2D eigenvalue weighted by Crippen LogP contribution is 2.21. The highest BCUT2D eigenvalue weighted by atomic mass is 35.5. The third kappa shape index (κ3) is 3.80. The number of nitrogens with one attached hydrogen (secondary N) is 1. The third-order valence-electron chi connectivity index (χ3n) is 3.88. The molecule has 1 saturated heterocycles. The number of rotatable bonds is 4. The quantitative estimate of drug-likeness (QED) is 0.920. The molecular formula is C18H19ClN2O. The first kappa shape index (κ1) is 14.9. The maximum absolute atomic E-state index is 12.1. The molecule has 1 fully saturated rings. The molecular weight excluding hydrogens is 296 g/mol. The molecule has 1 aliphatic heterocycles. The van der Waals surface area contributed by atoms with Gasteiger partial charge in [-0.05, 0) is 48.7 Å². The number of amides is 1. The standard InChI is InChI=1S/C18H19ClN2O/c19-15-4-3-5-16(13-15)20-18(22)12-14-6-8-17(9-7-14)21-10-1-2-11-21/h3-9,13H,1-2,10-12H2,(H,20,22). The Hall–Kier alpha value is -2.00. The van der Waals surface area contributed by atoms with Crippen molar-refractivity contribution in [3.8, 4) is 0 Å². The predicted octanol–water partition coefficient (Wildman–Crippen LogP) is 4.12. The van der Waals surface area contributed by atoms with Gasteiger partial charge in [-0.3, -0.25) is 4.79 Å². The van der Waals surface area contributed by atoms with Crippen LogP contribution in [0, 0.1) is 0 Å². The van der Waals surface area contributed by atoms with Crippen LogP contribution in [0.5, 0.6) is 0 Å². The third-order valence-corrected chi connectivity index (χ3v) is 4.12. The molecule has 2 aromatic rings. The molecule has 2 aromatic carbocycles. The molecule has 0 atom stereocenters. The Labute approximate surface area is 135 Å². The molecule has 3 rings (SSSR count). The summed E-state index contributed by atoms with van der Waals surface area (Å²) in [6, 6.07) is 15.5. The van der Waals surface area contributed by atoms with E-state index in [2.05, 4.69) is 22.3 Å². The van der Waals surface area contributed by atoms with Crippen LogP contribution in [0.3, 0.4) is 0 Å². The highest BCUT2D eigenvalue weighted by molar-refractivity contribution is 6.30. The second kappa shape index (κ2) is 6.84. The Bertz CT molecular complexity index is 648. The van der Waals surface area contributed by atoms with Gasteiger partial charge in [0.15, 0.2) is 0 Å². The SMILES string of the molecule is O=C(Cc1ccc(N2CCCC2)cc1)Nc1cccc(Cl)c1. The van der Waals surface area contributed by atoms with Crippen LogP contribution in [0.4, 0.5) is 11.4 Å². The number of nitrogens with zero attached hydrogens (tertiary/aromatic N) is 1. The molecule has 114 valence electrons. The van der Waals surface area contributed by atoms with Crippen LogP contribution < -0.4 is 10.2 Å². The van der Waals surface area contributed by atoms with Gasteiger partial charge >= 0.3 is 0 Å². The molecule has 0 aromatic heterocycles. The minimum absolute atomic E-state index is 0.0313. The number of halogens is 1. The van der Waals surface area contributed by atoms with E-state index in [0.29, 0.717) is 11.4 Å². The van der Waals surface area contributed by atoms with Gasteiger partial charge in [0.1, 0.15) is 0 Å². The second-order valence-corrected chi connectivity index (χ2v) is 6.03. The highest BCUT2D eigenvalue weighted by Gasteiger charge is 2.12. The molecule has 4 heteroatoms. The minimum atomic E-state index is -0.0313. The van der Waals surface area contributed by atoms with Crippen LogP contribution in [0.1, 0.15) is 18.4 Å². The average Bonchev–Trinajstić information content (AvgIpc) is 3.02. The minimum Gasteiger partial charge on any atom is -0.372 e. The fourth-order valence-electron chi connectivity index (χ4n) is 2.76. The lowest BCUT2D eigenvalue weighted by atomic mass is 10.1. The summed E-state index contributed by atoms with van der Waals surface area (Å²) in [6.07, 6.45) is 2.90. The van der Waals surface area contributed by atoms with Gasteiger partial charge in [-0.1, -0.05) is 29.8 Å². The van der Waals surface area contributed by atoms with E-state index in [9.17, 15) is 4.79 Å². The van der Waals surface area contributed by atoms with Gasteiger partial charge in [-0.25, -0.2) is 0 Å². The van der Waals surface area contributed by atoms with Crippen LogP contribution >= 0.6 is 11.6 Å². The second-order valence-electron chi connectivity index (χ2n) is 5.60. The normalized spacial score (nSPS) is 14.1. The van der Waals surface area contributed by atoms with E-state index in [-0.39, 0.29) is 5.91 Å². The summed E-state index contributed by atoms with van der Waals surface area (Å²) in [5, 5.41) is 3.49. The predicted molar refractivity (Wildman–Crippen MR) is 91.7 cm³/mol. The van der Waals surface area contributed by atoms with Gasteiger partial charge in [0, 0.05) is 29.5 Å². The molecule has 0 saturated carbocycles. The Morgan fingerprint density at radius 2 is 1.82 bits per heavy atom. The molecule has 0 bridgehead atoms. The van der Waals surface area contributed by atoms with Crippen molar-refractivity contribution in [2.24, 2.45) is 0 Å². The Morgan fingerprint density at radius 1 is 1.09 bits per heavy atom. The summed E-state index contributed by atoms with van der Waals surface area (Å²) in [7, 11) is 0. The fraction of sp³-hybridized carbons (Fsp3) is 0.278. The average molecular weight is 315 g/mol. The van der Waals surface area contributed by atoms with Crippen molar-refractivity contribution in [3.63, 3.8) is 0 Å². The first-order chi connectivity index (χ1) is 10.7. The fourth-order valence-corrected chi connectivity index (χ4v) is 2.95. The molecule has 0 aliphatic carbocycles. The van der Waals surface area contributed by atoms with Crippen molar-refractivity contribution >= 4 is 28.9 Å². The topological polar surface area (TPSA) is 32.3 Å². The van der Waals surface area contributed by atoms with Crippen molar-refractivity contribution < 1.29 is 4.79 Å². The first-order valence-electron chi connectivity index (χ1n) is 7.60. The molecule has 1 aliphatic rings. The Morgan fingerprint density at radius 3 is 2.50 bits per heavy atom. The van der Waals surface area contributed by atoms with E-state index in [1.165, 1.54) is 18.5 Å². The molecule has 0 unspecified atom stereocenters. The summed E-state index contributed by atoms with van der Waals surface area (Å²) in [4.78, 5) is 14.5. The van der Waals surface area contributed by atoms with Gasteiger partial charge < -0.3 is 10.2 Å². The first-order valence-corrected chi connectivity index (χ1v) is 7.98. The number of carbonyl (C=O) groups is 1. The van der Waals surface area contributed by atoms with Gasteiger partial charge in [-0.15, -0.1) is 0 Å². The van der Waals surface area contributed by atoms with E-state index in [1.54, 1.807) is 12.1 Å². The van der Waals surface area contributed by atoms with Crippen LogP contribution in [0.25, 0.3) is 0 Å². The number of anilines is 2. The molecule has 0 spiro atoms. The number of benzene rings is 2. The van der Waals surface area contributed by atoms with Gasteiger partial charge in [0.25, 0.3) is 0 Å². The molecule has 1 heterocycles. The summed E-state index contributed by atoms with van der Waals surface area (Å²) in [5.41, 5.74) is 2.99. The summed E-state index contributed by atoms with van der Waals surface area (Å²) in [6.45, 7) is 2.27. The summed E-state index contributed by atoms with van der Waals surface area (Å²) < 4.78 is 0. The van der Waals surface area contributed by atoms with E-state index in [0.717, 1.165) is 24.3 Å². The summed E-state index contributed by atoms with van der Waals surface area (Å²) in [5.74, 6) is -0.0313. The van der Waals surface area contributed by atoms with Crippen molar-refractivity contribution in [3.05, 3.63) is 59.1 Å². The largest absolute Gasteiger partial charge is 0.372 e. The lowest BCUT2D eigenvalue weighted by molar-refractivity contribution is -0.115. The summed E-state index contributed by atoms with van der Waals surface area (Å²) >= 11 is 5.91. The lowest BCUT2D eigenvalue weighted by Crippen LogP contribution is -2.17. The Balaban J connectivity index is 1.59. The van der Waals surface area contributed by atoms with E-state index in [4.69, 9.17) is 11.6 Å². The van der Waals surface area contributed by atoms with Crippen LogP contribution in [0.15, 0.2) is 48.5 Å². The molecule has 3 nitrogen and oxygen atoms in total. The molecule has 22 heavy (non-hydrogen) atoms. The van der Waals surface area contributed by atoms with Crippen LogP contribution in [-0.4, -0.2) is 19.0 Å². The van der Waals surface area contributed by atoms with Crippen molar-refractivity contribution in [1.82, 2.24) is 0 Å². The molecule has 1 N–H and O–H groups in total. The zero-order chi connectivity index (χ0) is 15.4. The molecule has 0 radical (unpaired) electrons. The Kier molecular flexibility index (Phi) is 4.64. The zero-order valence-electron chi connectivity index (χ0n) is 12.4. The van der Waals surface area contributed by atoms with E-state index in [1.807, 2.05) is 24.3 Å². The van der Waals surface area contributed by atoms with Crippen LogP contribution in [0.2, 0.25) is 5.02 Å². The number of hydrogen-bond acceptors (Lipinski definition) is 2. The van der Waals surface area contributed by atoms with E-state index < -0.39 is 0 Å². The van der Waals surface area contributed by atoms with Gasteiger partial charge in [-0.2, -0.15) is 0 Å². The lowest BCUT2D eigenvalue weighted by Gasteiger charge is -2.17. The van der Waals surface area contributed by atoms with Crippen LogP contribution in [-0.2, 0) is 11.2 Å². The zero-order valence-corrected chi connectivity index (χ0v) is 13.1. The molecule has 1 amide bonds. The monoisotopic (exact) mass is 314 g/mol. The van der Waals surface area contributed by atoms with E-state index >= 15 is 0 Å². The smallest absolute Gasteiger partial charge is 0.228 e. The van der Waals surface area contributed by atoms with Crippen molar-refractivity contribution in [1.29, 1.82) is 0 Å². The van der Waals surface area contributed by atoms with Crippen molar-refractivity contribution in [2.75, 3.05) is 23.3 Å². The van der Waals surface area contributed by atoms with Gasteiger partial charge in [0.2, 0.25) is 5.91 Å². The number of hydrogen-bond donors (Lipinski definition) is 1. The van der Waals surface area contributed by atoms with Gasteiger partial charge in [0.05, 0.1) is 6.42 Å². The maximum atomic E-state index is 12.1.